The summed E-state index contributed by atoms with van der Waals surface area (Å²) < 4.78 is 21.3. The number of nitrogens with zero attached hydrogens (tertiary/aromatic N) is 6. The van der Waals surface area contributed by atoms with Crippen LogP contribution in [-0.2, 0) is 17.8 Å². The van der Waals surface area contributed by atoms with Gasteiger partial charge in [-0.25, -0.2) is 9.07 Å². The van der Waals surface area contributed by atoms with E-state index in [1.54, 1.807) is 0 Å². The Hall–Kier alpha value is -2.68. The van der Waals surface area contributed by atoms with Crippen LogP contribution in [0, 0.1) is 5.82 Å². The van der Waals surface area contributed by atoms with Crippen molar-refractivity contribution in [2.45, 2.75) is 38.1 Å². The number of piperazine rings is 1. The molecule has 0 N–H and O–H groups in total. The van der Waals surface area contributed by atoms with Crippen LogP contribution < -0.4 is 0 Å². The summed E-state index contributed by atoms with van der Waals surface area (Å²) in [6, 6.07) is 17.2. The van der Waals surface area contributed by atoms with Crippen molar-refractivity contribution in [2.24, 2.45) is 0 Å². The van der Waals surface area contributed by atoms with Gasteiger partial charge in [0.05, 0.1) is 18.7 Å². The Morgan fingerprint density at radius 1 is 1.00 bits per heavy atom. The molecule has 0 amide bonds. The van der Waals surface area contributed by atoms with Crippen molar-refractivity contribution >= 4 is 0 Å². The van der Waals surface area contributed by atoms with Gasteiger partial charge in [-0.15, -0.1) is 5.10 Å². The van der Waals surface area contributed by atoms with Crippen LogP contribution in [0.15, 0.2) is 54.6 Å². The summed E-state index contributed by atoms with van der Waals surface area (Å²) in [5.74, 6) is 0.558. The van der Waals surface area contributed by atoms with Crippen molar-refractivity contribution in [3.05, 3.63) is 77.4 Å². The largest absolute Gasteiger partial charge is 0.376 e. The first-order valence-corrected chi connectivity index (χ1v) is 11.4. The highest BCUT2D eigenvalue weighted by molar-refractivity contribution is 5.25. The van der Waals surface area contributed by atoms with Crippen LogP contribution in [0.3, 0.4) is 0 Å². The predicted octanol–water partition coefficient (Wildman–Crippen LogP) is 2.90. The van der Waals surface area contributed by atoms with E-state index in [2.05, 4.69) is 55.7 Å². The molecule has 2 atom stereocenters. The molecule has 5 rings (SSSR count). The minimum Gasteiger partial charge on any atom is -0.376 e. The van der Waals surface area contributed by atoms with Crippen LogP contribution in [0.2, 0.25) is 0 Å². The number of hydrogen-bond donors (Lipinski definition) is 0. The van der Waals surface area contributed by atoms with E-state index < -0.39 is 0 Å². The Balaban J connectivity index is 1.35. The Morgan fingerprint density at radius 3 is 2.50 bits per heavy atom. The number of ether oxygens (including phenoxy) is 1. The van der Waals surface area contributed by atoms with Crippen LogP contribution in [0.1, 0.15) is 35.8 Å². The van der Waals surface area contributed by atoms with Gasteiger partial charge in [-0.1, -0.05) is 42.5 Å². The molecule has 0 radical (unpaired) electrons. The molecule has 2 aliphatic rings. The average Bonchev–Trinajstić information content (AvgIpc) is 3.50. The van der Waals surface area contributed by atoms with Gasteiger partial charge in [-0.2, -0.15) is 0 Å². The lowest BCUT2D eigenvalue weighted by Gasteiger charge is -2.39. The first-order valence-electron chi connectivity index (χ1n) is 11.4. The number of rotatable bonds is 7. The molecule has 2 aliphatic heterocycles. The second-order valence-corrected chi connectivity index (χ2v) is 8.61. The number of benzene rings is 2. The maximum Gasteiger partial charge on any atom is 0.173 e. The zero-order valence-electron chi connectivity index (χ0n) is 18.2. The third-order valence-corrected chi connectivity index (χ3v) is 6.41. The molecule has 0 saturated carbocycles. The maximum absolute atomic E-state index is 13.7. The lowest BCUT2D eigenvalue weighted by atomic mass is 10.0. The van der Waals surface area contributed by atoms with Crippen LogP contribution in [-0.4, -0.2) is 68.9 Å². The van der Waals surface area contributed by atoms with E-state index in [0.29, 0.717) is 6.54 Å². The number of aromatic nitrogens is 4. The van der Waals surface area contributed by atoms with Crippen molar-refractivity contribution in [3.8, 4) is 0 Å². The van der Waals surface area contributed by atoms with E-state index in [0.717, 1.165) is 63.6 Å². The molecule has 8 heteroatoms. The topological polar surface area (TPSA) is 59.3 Å². The molecule has 1 aromatic heterocycles. The van der Waals surface area contributed by atoms with Crippen LogP contribution in [0.5, 0.6) is 0 Å². The molecule has 0 bridgehead atoms. The minimum absolute atomic E-state index is 0.120. The molecule has 3 aromatic rings. The van der Waals surface area contributed by atoms with Crippen molar-refractivity contribution in [1.82, 2.24) is 30.0 Å². The van der Waals surface area contributed by atoms with Gasteiger partial charge in [0, 0.05) is 39.3 Å². The first-order chi connectivity index (χ1) is 15.8. The normalized spacial score (nSPS) is 21.1. The highest BCUT2D eigenvalue weighted by atomic mass is 19.1. The Morgan fingerprint density at radius 2 is 1.78 bits per heavy atom. The molecule has 7 nitrogen and oxygen atoms in total. The third kappa shape index (κ3) is 4.87. The predicted molar refractivity (Wildman–Crippen MR) is 118 cm³/mol. The molecule has 0 spiro atoms. The Labute approximate surface area is 187 Å². The molecule has 0 aliphatic carbocycles. The summed E-state index contributed by atoms with van der Waals surface area (Å²) in [5, 5.41) is 12.7. The quantitative estimate of drug-likeness (QED) is 0.568. The van der Waals surface area contributed by atoms with Crippen molar-refractivity contribution in [2.75, 3.05) is 32.8 Å². The molecule has 168 valence electrons. The number of halogens is 1. The van der Waals surface area contributed by atoms with Gasteiger partial charge >= 0.3 is 0 Å². The van der Waals surface area contributed by atoms with Crippen molar-refractivity contribution in [1.29, 1.82) is 0 Å². The second kappa shape index (κ2) is 9.85. The fourth-order valence-corrected chi connectivity index (χ4v) is 4.71. The average molecular weight is 437 g/mol. The highest BCUT2D eigenvalue weighted by Crippen LogP contribution is 2.29. The SMILES string of the molecule is Fc1ccc([C@H](c2nnnn2C[C@@H]2CCCO2)N2CCN(Cc3ccccc3)CC2)cc1. The lowest BCUT2D eigenvalue weighted by Crippen LogP contribution is -2.48. The summed E-state index contributed by atoms with van der Waals surface area (Å²) in [7, 11) is 0. The molecular weight excluding hydrogens is 407 g/mol. The molecule has 2 aromatic carbocycles. The van der Waals surface area contributed by atoms with Gasteiger partial charge in [0.15, 0.2) is 5.82 Å². The monoisotopic (exact) mass is 436 g/mol. The zero-order chi connectivity index (χ0) is 21.8. The van der Waals surface area contributed by atoms with Crippen LogP contribution in [0.4, 0.5) is 4.39 Å². The molecular formula is C24H29FN6O. The molecule has 3 heterocycles. The summed E-state index contributed by atoms with van der Waals surface area (Å²) in [6.07, 6.45) is 2.25. The summed E-state index contributed by atoms with van der Waals surface area (Å²) >= 11 is 0. The standard InChI is InChI=1S/C24H29FN6O/c25-21-10-8-20(9-11-21)23(24-26-27-28-31(24)18-22-7-4-16-32-22)30-14-12-29(13-15-30)17-19-5-2-1-3-6-19/h1-3,5-6,8-11,22-23H,4,7,12-18H2/t22-,23+/m0/s1. The van der Waals surface area contributed by atoms with Gasteiger partial charge in [0.25, 0.3) is 0 Å². The van der Waals surface area contributed by atoms with E-state index in [9.17, 15) is 4.39 Å². The van der Waals surface area contributed by atoms with Gasteiger partial charge in [-0.05, 0) is 46.5 Å². The fraction of sp³-hybridized carbons (Fsp3) is 0.458. The van der Waals surface area contributed by atoms with Crippen LogP contribution in [0.25, 0.3) is 0 Å². The first kappa shape index (κ1) is 21.2. The van der Waals surface area contributed by atoms with E-state index in [-0.39, 0.29) is 18.0 Å². The van der Waals surface area contributed by atoms with Gasteiger partial charge in [0.1, 0.15) is 5.82 Å². The summed E-state index contributed by atoms with van der Waals surface area (Å²) in [4.78, 5) is 4.88. The van der Waals surface area contributed by atoms with Gasteiger partial charge in [-0.3, -0.25) is 9.80 Å². The zero-order valence-corrected chi connectivity index (χ0v) is 18.2. The molecule has 32 heavy (non-hydrogen) atoms. The number of tetrazole rings is 1. The van der Waals surface area contributed by atoms with Crippen molar-refractivity contribution < 1.29 is 9.13 Å². The minimum atomic E-state index is -0.237. The van der Waals surface area contributed by atoms with Crippen molar-refractivity contribution in [3.63, 3.8) is 0 Å². The second-order valence-electron chi connectivity index (χ2n) is 8.61. The summed E-state index contributed by atoms with van der Waals surface area (Å²) in [6.45, 7) is 6.09. The highest BCUT2D eigenvalue weighted by Gasteiger charge is 2.31. The molecule has 2 saturated heterocycles. The van der Waals surface area contributed by atoms with Gasteiger partial charge in [0.2, 0.25) is 0 Å². The van der Waals surface area contributed by atoms with Gasteiger partial charge < -0.3 is 4.74 Å². The van der Waals surface area contributed by atoms with E-state index in [1.807, 2.05) is 16.8 Å². The number of hydrogen-bond acceptors (Lipinski definition) is 6. The maximum atomic E-state index is 13.7. The lowest BCUT2D eigenvalue weighted by molar-refractivity contribution is 0.0841. The smallest absolute Gasteiger partial charge is 0.173 e. The summed E-state index contributed by atoms with van der Waals surface area (Å²) in [5.41, 5.74) is 2.34. The Kier molecular flexibility index (Phi) is 6.52. The van der Waals surface area contributed by atoms with Crippen LogP contribution >= 0.6 is 0 Å². The third-order valence-electron chi connectivity index (χ3n) is 6.41. The van der Waals surface area contributed by atoms with E-state index in [1.165, 1.54) is 17.7 Å². The Bertz CT molecular complexity index is 981. The van der Waals surface area contributed by atoms with E-state index in [4.69, 9.17) is 4.74 Å². The fourth-order valence-electron chi connectivity index (χ4n) is 4.71. The molecule has 2 fully saturated rings. The molecule has 0 unspecified atom stereocenters. The van der Waals surface area contributed by atoms with E-state index >= 15 is 0 Å².